The highest BCUT2D eigenvalue weighted by atomic mass is 35.5. The molecule has 1 heterocycles. The molecule has 136 valence electrons. The van der Waals surface area contributed by atoms with Gasteiger partial charge in [0.25, 0.3) is 0 Å². The Hall–Kier alpha value is -1.80. The number of thiazole rings is 1. The molecule has 0 aliphatic heterocycles. The van der Waals surface area contributed by atoms with E-state index in [4.69, 9.17) is 16.3 Å². The van der Waals surface area contributed by atoms with Crippen LogP contribution in [-0.2, 0) is 9.53 Å². The van der Waals surface area contributed by atoms with Crippen LogP contribution in [-0.4, -0.2) is 23.2 Å². The fraction of sp³-hybridized carbons (Fsp3) is 0.375. The summed E-state index contributed by atoms with van der Waals surface area (Å²) in [5, 5.41) is 1.61. The number of aryl methyl sites for hydroxylation is 2. The SMILES string of the molecule is Cc1csc(C(OC(=O)C(C)Oc2ccc(Cl)cc2C)C(F)(F)F)n1. The van der Waals surface area contributed by atoms with Gasteiger partial charge in [-0.2, -0.15) is 13.2 Å². The number of alkyl halides is 3. The molecule has 0 aliphatic rings. The molecule has 4 nitrogen and oxygen atoms in total. The van der Waals surface area contributed by atoms with Gasteiger partial charge in [-0.1, -0.05) is 11.6 Å². The average molecular weight is 394 g/mol. The van der Waals surface area contributed by atoms with Gasteiger partial charge in [-0.25, -0.2) is 9.78 Å². The van der Waals surface area contributed by atoms with E-state index in [-0.39, 0.29) is 5.01 Å². The summed E-state index contributed by atoms with van der Waals surface area (Å²) in [6, 6.07) is 4.71. The van der Waals surface area contributed by atoms with Gasteiger partial charge in [0.05, 0.1) is 0 Å². The Balaban J connectivity index is 2.12. The third kappa shape index (κ3) is 5.09. The Morgan fingerprint density at radius 3 is 2.52 bits per heavy atom. The van der Waals surface area contributed by atoms with E-state index < -0.39 is 24.4 Å². The summed E-state index contributed by atoms with van der Waals surface area (Å²) in [6.07, 6.45) is -8.42. The molecule has 0 saturated carbocycles. The molecule has 25 heavy (non-hydrogen) atoms. The molecular weight excluding hydrogens is 379 g/mol. The Morgan fingerprint density at radius 2 is 2.00 bits per heavy atom. The van der Waals surface area contributed by atoms with E-state index in [9.17, 15) is 18.0 Å². The first-order chi connectivity index (χ1) is 11.6. The fourth-order valence-electron chi connectivity index (χ4n) is 1.95. The van der Waals surface area contributed by atoms with Crippen molar-refractivity contribution >= 4 is 28.9 Å². The van der Waals surface area contributed by atoms with E-state index >= 15 is 0 Å². The lowest BCUT2D eigenvalue weighted by atomic mass is 10.2. The molecule has 0 N–H and O–H groups in total. The first-order valence-electron chi connectivity index (χ1n) is 7.20. The van der Waals surface area contributed by atoms with Crippen LogP contribution in [0.3, 0.4) is 0 Å². The van der Waals surface area contributed by atoms with Gasteiger partial charge in [-0.05, 0) is 44.5 Å². The zero-order valence-electron chi connectivity index (χ0n) is 13.6. The molecule has 0 saturated heterocycles. The number of hydrogen-bond acceptors (Lipinski definition) is 5. The van der Waals surface area contributed by atoms with Crippen molar-refractivity contribution in [3.8, 4) is 5.75 Å². The number of aromatic nitrogens is 1. The lowest BCUT2D eigenvalue weighted by Crippen LogP contribution is -2.33. The van der Waals surface area contributed by atoms with Crippen molar-refractivity contribution in [3.05, 3.63) is 44.9 Å². The van der Waals surface area contributed by atoms with Crippen molar-refractivity contribution in [1.82, 2.24) is 4.98 Å². The fourth-order valence-corrected chi connectivity index (χ4v) is 3.02. The molecule has 2 atom stereocenters. The zero-order chi connectivity index (χ0) is 18.8. The maximum Gasteiger partial charge on any atom is 0.432 e. The highest BCUT2D eigenvalue weighted by molar-refractivity contribution is 7.09. The first-order valence-corrected chi connectivity index (χ1v) is 8.45. The highest BCUT2D eigenvalue weighted by Crippen LogP contribution is 2.37. The summed E-state index contributed by atoms with van der Waals surface area (Å²) in [4.78, 5) is 15.8. The van der Waals surface area contributed by atoms with Crippen LogP contribution in [0.4, 0.5) is 13.2 Å². The van der Waals surface area contributed by atoms with E-state index in [2.05, 4.69) is 9.72 Å². The van der Waals surface area contributed by atoms with Gasteiger partial charge in [-0.3, -0.25) is 0 Å². The molecule has 0 spiro atoms. The van der Waals surface area contributed by atoms with Gasteiger partial charge in [0.15, 0.2) is 6.10 Å². The minimum absolute atomic E-state index is 0.326. The van der Waals surface area contributed by atoms with E-state index in [1.165, 1.54) is 18.4 Å². The number of carbonyl (C=O) groups excluding carboxylic acids is 1. The molecule has 0 fully saturated rings. The van der Waals surface area contributed by atoms with Gasteiger partial charge in [-0.15, -0.1) is 11.3 Å². The van der Waals surface area contributed by atoms with Crippen molar-refractivity contribution in [2.45, 2.75) is 39.2 Å². The summed E-state index contributed by atoms with van der Waals surface area (Å²) in [7, 11) is 0. The van der Waals surface area contributed by atoms with Crippen molar-refractivity contribution in [1.29, 1.82) is 0 Å². The molecule has 9 heteroatoms. The predicted molar refractivity (Wildman–Crippen MR) is 88.0 cm³/mol. The van der Waals surface area contributed by atoms with Crippen LogP contribution in [0.25, 0.3) is 0 Å². The quantitative estimate of drug-likeness (QED) is 0.669. The second-order valence-corrected chi connectivity index (χ2v) is 6.68. The molecule has 0 bridgehead atoms. The Kier molecular flexibility index (Phi) is 5.95. The van der Waals surface area contributed by atoms with Gasteiger partial charge in [0, 0.05) is 16.1 Å². The molecule has 0 amide bonds. The molecule has 0 aliphatic carbocycles. The monoisotopic (exact) mass is 393 g/mol. The van der Waals surface area contributed by atoms with Crippen molar-refractivity contribution in [3.63, 3.8) is 0 Å². The van der Waals surface area contributed by atoms with Gasteiger partial charge in [0.1, 0.15) is 10.8 Å². The van der Waals surface area contributed by atoms with Crippen molar-refractivity contribution < 1.29 is 27.4 Å². The number of ether oxygens (including phenoxy) is 2. The zero-order valence-corrected chi connectivity index (χ0v) is 15.1. The molecular formula is C16H15ClF3NO3S. The third-order valence-electron chi connectivity index (χ3n) is 3.17. The molecule has 0 radical (unpaired) electrons. The topological polar surface area (TPSA) is 48.4 Å². The van der Waals surface area contributed by atoms with Crippen LogP contribution in [0.5, 0.6) is 5.75 Å². The highest BCUT2D eigenvalue weighted by Gasteiger charge is 2.46. The molecule has 1 aromatic carbocycles. The normalized spacial score (nSPS) is 14.0. The molecule has 2 unspecified atom stereocenters. The smallest absolute Gasteiger partial charge is 0.432 e. The van der Waals surface area contributed by atoms with Gasteiger partial charge >= 0.3 is 12.1 Å². The van der Waals surface area contributed by atoms with Crippen LogP contribution < -0.4 is 4.74 Å². The number of hydrogen-bond donors (Lipinski definition) is 0. The van der Waals surface area contributed by atoms with Crippen molar-refractivity contribution in [2.75, 3.05) is 0 Å². The third-order valence-corrected chi connectivity index (χ3v) is 4.41. The van der Waals surface area contributed by atoms with Crippen molar-refractivity contribution in [2.24, 2.45) is 0 Å². The standard InChI is InChI=1S/C16H15ClF3NO3S/c1-8-6-11(17)4-5-12(8)23-10(3)15(22)24-13(16(18,19)20)14-21-9(2)7-25-14/h4-7,10,13H,1-3H3. The number of esters is 1. The van der Waals surface area contributed by atoms with Gasteiger partial charge < -0.3 is 9.47 Å². The maximum atomic E-state index is 13.2. The van der Waals surface area contributed by atoms with Crippen LogP contribution in [0.1, 0.15) is 29.3 Å². The maximum absolute atomic E-state index is 13.2. The number of benzene rings is 1. The number of rotatable bonds is 5. The Bertz CT molecular complexity index is 763. The largest absolute Gasteiger partial charge is 0.479 e. The number of halogens is 4. The molecule has 2 aromatic rings. The Morgan fingerprint density at radius 1 is 1.32 bits per heavy atom. The second-order valence-electron chi connectivity index (χ2n) is 5.36. The number of carbonyl (C=O) groups is 1. The first kappa shape index (κ1) is 19.5. The minimum Gasteiger partial charge on any atom is -0.479 e. The average Bonchev–Trinajstić information content (AvgIpc) is 2.92. The molecule has 2 rings (SSSR count). The summed E-state index contributed by atoms with van der Waals surface area (Å²) in [5.74, 6) is -0.799. The van der Waals surface area contributed by atoms with Crippen LogP contribution in [0, 0.1) is 13.8 Å². The second kappa shape index (κ2) is 7.61. The van der Waals surface area contributed by atoms with Crippen LogP contribution in [0.15, 0.2) is 23.6 Å². The van der Waals surface area contributed by atoms with Crippen LogP contribution in [0.2, 0.25) is 5.02 Å². The lowest BCUT2D eigenvalue weighted by molar-refractivity contribution is -0.227. The minimum atomic E-state index is -4.77. The predicted octanol–water partition coefficient (Wildman–Crippen LogP) is 5.03. The summed E-state index contributed by atoms with van der Waals surface area (Å²) in [5.41, 5.74) is 1.07. The van der Waals surface area contributed by atoms with Crippen LogP contribution >= 0.6 is 22.9 Å². The van der Waals surface area contributed by atoms with E-state index in [1.54, 1.807) is 26.0 Å². The van der Waals surface area contributed by atoms with Gasteiger partial charge in [0.2, 0.25) is 6.10 Å². The Labute approximate surface area is 151 Å². The number of nitrogens with zero attached hydrogens (tertiary/aromatic N) is 1. The lowest BCUT2D eigenvalue weighted by Gasteiger charge is -2.21. The summed E-state index contributed by atoms with van der Waals surface area (Å²) < 4.78 is 49.7. The molecule has 1 aromatic heterocycles. The summed E-state index contributed by atoms with van der Waals surface area (Å²) in [6.45, 7) is 4.58. The van der Waals surface area contributed by atoms with E-state index in [1.807, 2.05) is 0 Å². The van der Waals surface area contributed by atoms with E-state index in [0.29, 0.717) is 22.0 Å². The summed E-state index contributed by atoms with van der Waals surface area (Å²) >= 11 is 6.61. The van der Waals surface area contributed by atoms with E-state index in [0.717, 1.165) is 11.3 Å².